The molecule has 0 aliphatic heterocycles. The van der Waals surface area contributed by atoms with E-state index in [1.165, 1.54) is 0 Å². The van der Waals surface area contributed by atoms with Crippen LogP contribution in [0.1, 0.15) is 5.56 Å². The van der Waals surface area contributed by atoms with Crippen LogP contribution in [0.15, 0.2) is 36.7 Å². The molecule has 3 rings (SSSR count). The van der Waals surface area contributed by atoms with E-state index < -0.39 is 0 Å². The highest BCUT2D eigenvalue weighted by Gasteiger charge is 2.14. The van der Waals surface area contributed by atoms with Crippen LogP contribution in [0.25, 0.3) is 22.4 Å². The molecule has 0 N–H and O–H groups in total. The highest BCUT2D eigenvalue weighted by molar-refractivity contribution is 5.82. The van der Waals surface area contributed by atoms with Crippen LogP contribution in [-0.2, 0) is 7.05 Å². The van der Waals surface area contributed by atoms with Gasteiger partial charge in [0.05, 0.1) is 41.5 Å². The van der Waals surface area contributed by atoms with E-state index in [9.17, 15) is 0 Å². The number of pyridine rings is 1. The zero-order chi connectivity index (χ0) is 14.1. The van der Waals surface area contributed by atoms with Crippen molar-refractivity contribution in [3.8, 4) is 23.2 Å². The highest BCUT2D eigenvalue weighted by Crippen LogP contribution is 2.30. The Bertz CT molecular complexity index is 829. The maximum Gasteiger partial charge on any atom is 0.148 e. The number of aryl methyl sites for hydroxylation is 1. The predicted molar refractivity (Wildman–Crippen MR) is 75.2 cm³/mol. The molecule has 0 bridgehead atoms. The van der Waals surface area contributed by atoms with E-state index in [1.54, 1.807) is 31.6 Å². The van der Waals surface area contributed by atoms with Crippen molar-refractivity contribution in [1.29, 1.82) is 5.26 Å². The van der Waals surface area contributed by atoms with Gasteiger partial charge >= 0.3 is 0 Å². The van der Waals surface area contributed by atoms with E-state index in [0.29, 0.717) is 11.3 Å². The minimum absolute atomic E-state index is 0.601. The molecule has 1 aromatic carbocycles. The van der Waals surface area contributed by atoms with Crippen LogP contribution in [-0.4, -0.2) is 21.6 Å². The van der Waals surface area contributed by atoms with Gasteiger partial charge in [0.25, 0.3) is 0 Å². The van der Waals surface area contributed by atoms with Crippen molar-refractivity contribution < 1.29 is 4.74 Å². The van der Waals surface area contributed by atoms with E-state index in [0.717, 1.165) is 22.4 Å². The Balaban J connectivity index is 2.27. The van der Waals surface area contributed by atoms with Crippen LogP contribution < -0.4 is 4.74 Å². The standard InChI is InChI=1S/C15H12N4O/c1-19-13-4-3-10(8-16)7-12(13)18-15(19)11-5-6-17-9-14(11)20-2/h3-7,9H,1-2H3. The van der Waals surface area contributed by atoms with Crippen LogP contribution in [0, 0.1) is 11.3 Å². The average molecular weight is 264 g/mol. The van der Waals surface area contributed by atoms with Crippen LogP contribution >= 0.6 is 0 Å². The number of imidazole rings is 1. The third-order valence-corrected chi connectivity index (χ3v) is 3.26. The molecule has 0 saturated heterocycles. The molecule has 0 amide bonds. The monoisotopic (exact) mass is 264 g/mol. The second-order valence-corrected chi connectivity index (χ2v) is 4.39. The van der Waals surface area contributed by atoms with Crippen molar-refractivity contribution in [3.63, 3.8) is 0 Å². The van der Waals surface area contributed by atoms with Crippen molar-refractivity contribution in [2.75, 3.05) is 7.11 Å². The van der Waals surface area contributed by atoms with Gasteiger partial charge in [0.15, 0.2) is 0 Å². The lowest BCUT2D eigenvalue weighted by molar-refractivity contribution is 0.414. The third kappa shape index (κ3) is 1.79. The summed E-state index contributed by atoms with van der Waals surface area (Å²) in [6.45, 7) is 0. The van der Waals surface area contributed by atoms with Crippen molar-refractivity contribution in [1.82, 2.24) is 14.5 Å². The summed E-state index contributed by atoms with van der Waals surface area (Å²) in [6.07, 6.45) is 3.37. The summed E-state index contributed by atoms with van der Waals surface area (Å²) in [6, 6.07) is 9.47. The van der Waals surface area contributed by atoms with Gasteiger partial charge in [0.1, 0.15) is 11.6 Å². The zero-order valence-corrected chi connectivity index (χ0v) is 11.2. The largest absolute Gasteiger partial charge is 0.494 e. The minimum Gasteiger partial charge on any atom is -0.494 e. The first-order chi connectivity index (χ1) is 9.74. The van der Waals surface area contributed by atoms with E-state index in [-0.39, 0.29) is 0 Å². The molecular formula is C15H12N4O. The normalized spacial score (nSPS) is 10.4. The van der Waals surface area contributed by atoms with Gasteiger partial charge in [-0.2, -0.15) is 5.26 Å². The fraction of sp³-hybridized carbons (Fsp3) is 0.133. The molecule has 0 fully saturated rings. The topological polar surface area (TPSA) is 63.7 Å². The summed E-state index contributed by atoms with van der Waals surface area (Å²) in [5.74, 6) is 1.46. The molecule has 5 nitrogen and oxygen atoms in total. The van der Waals surface area contributed by atoms with Gasteiger partial charge < -0.3 is 9.30 Å². The van der Waals surface area contributed by atoms with E-state index in [2.05, 4.69) is 16.0 Å². The molecule has 0 radical (unpaired) electrons. The summed E-state index contributed by atoms with van der Waals surface area (Å²) in [5.41, 5.74) is 3.24. The molecule has 98 valence electrons. The maximum atomic E-state index is 8.96. The van der Waals surface area contributed by atoms with Crippen LogP contribution in [0.3, 0.4) is 0 Å². The van der Waals surface area contributed by atoms with Crippen LogP contribution in [0.4, 0.5) is 0 Å². The zero-order valence-electron chi connectivity index (χ0n) is 11.2. The SMILES string of the molecule is COc1cnccc1-c1nc2cc(C#N)ccc2n1C. The molecule has 0 aliphatic rings. The van der Waals surface area contributed by atoms with E-state index in [4.69, 9.17) is 10.00 Å². The number of nitrogens with zero attached hydrogens (tertiary/aromatic N) is 4. The van der Waals surface area contributed by atoms with Gasteiger partial charge in [0.2, 0.25) is 0 Å². The number of nitriles is 1. The maximum absolute atomic E-state index is 8.96. The molecule has 20 heavy (non-hydrogen) atoms. The Kier molecular flexibility index (Phi) is 2.84. The average Bonchev–Trinajstić information content (AvgIpc) is 2.83. The molecular weight excluding hydrogens is 252 g/mol. The van der Waals surface area contributed by atoms with Gasteiger partial charge in [-0.15, -0.1) is 0 Å². The molecule has 0 atom stereocenters. The summed E-state index contributed by atoms with van der Waals surface area (Å²) in [7, 11) is 3.55. The van der Waals surface area contributed by atoms with Gasteiger partial charge in [-0.1, -0.05) is 0 Å². The molecule has 3 aromatic rings. The van der Waals surface area contributed by atoms with Gasteiger partial charge in [-0.3, -0.25) is 4.98 Å². The first-order valence-corrected chi connectivity index (χ1v) is 6.09. The van der Waals surface area contributed by atoms with Gasteiger partial charge in [-0.05, 0) is 24.3 Å². The first-order valence-electron chi connectivity index (χ1n) is 6.09. The van der Waals surface area contributed by atoms with Crippen LogP contribution in [0.5, 0.6) is 5.75 Å². The summed E-state index contributed by atoms with van der Waals surface area (Å²) < 4.78 is 7.31. The molecule has 0 spiro atoms. The number of hydrogen-bond acceptors (Lipinski definition) is 4. The smallest absolute Gasteiger partial charge is 0.148 e. The number of aromatic nitrogens is 3. The number of benzene rings is 1. The Morgan fingerprint density at radius 2 is 2.15 bits per heavy atom. The Labute approximate surface area is 116 Å². The second-order valence-electron chi connectivity index (χ2n) is 4.39. The Morgan fingerprint density at radius 1 is 1.30 bits per heavy atom. The predicted octanol–water partition coefficient (Wildman–Crippen LogP) is 2.52. The fourth-order valence-electron chi connectivity index (χ4n) is 2.24. The quantitative estimate of drug-likeness (QED) is 0.713. The molecule has 0 aliphatic carbocycles. The van der Waals surface area contributed by atoms with Crippen molar-refractivity contribution >= 4 is 11.0 Å². The lowest BCUT2D eigenvalue weighted by Gasteiger charge is -2.07. The van der Waals surface area contributed by atoms with E-state index in [1.807, 2.05) is 23.7 Å². The van der Waals surface area contributed by atoms with Gasteiger partial charge in [0, 0.05) is 13.2 Å². The van der Waals surface area contributed by atoms with Gasteiger partial charge in [-0.25, -0.2) is 4.98 Å². The molecule has 5 heteroatoms. The lowest BCUT2D eigenvalue weighted by Crippen LogP contribution is -1.95. The fourth-order valence-corrected chi connectivity index (χ4v) is 2.24. The lowest BCUT2D eigenvalue weighted by atomic mass is 10.2. The number of rotatable bonds is 2. The molecule has 2 heterocycles. The number of ether oxygens (including phenoxy) is 1. The molecule has 2 aromatic heterocycles. The molecule has 0 unspecified atom stereocenters. The summed E-state index contributed by atoms with van der Waals surface area (Å²) in [4.78, 5) is 8.65. The second kappa shape index (κ2) is 4.67. The highest BCUT2D eigenvalue weighted by atomic mass is 16.5. The van der Waals surface area contributed by atoms with Crippen molar-refractivity contribution in [2.45, 2.75) is 0 Å². The number of methoxy groups -OCH3 is 1. The van der Waals surface area contributed by atoms with Crippen molar-refractivity contribution in [3.05, 3.63) is 42.2 Å². The third-order valence-electron chi connectivity index (χ3n) is 3.26. The van der Waals surface area contributed by atoms with E-state index >= 15 is 0 Å². The minimum atomic E-state index is 0.601. The first kappa shape index (κ1) is 12.2. The Hall–Kier alpha value is -2.87. The number of hydrogen-bond donors (Lipinski definition) is 0. The summed E-state index contributed by atoms with van der Waals surface area (Å²) in [5, 5.41) is 8.96. The Morgan fingerprint density at radius 3 is 2.90 bits per heavy atom. The molecule has 0 saturated carbocycles. The van der Waals surface area contributed by atoms with Crippen LogP contribution in [0.2, 0.25) is 0 Å². The van der Waals surface area contributed by atoms with Crippen molar-refractivity contribution in [2.24, 2.45) is 7.05 Å². The summed E-state index contributed by atoms with van der Waals surface area (Å²) >= 11 is 0. The number of fused-ring (bicyclic) bond motifs is 1.